The van der Waals surface area contributed by atoms with Gasteiger partial charge in [-0.3, -0.25) is 0 Å². The Balaban J connectivity index is 2.97. The molecule has 15 heavy (non-hydrogen) atoms. The predicted octanol–water partition coefficient (Wildman–Crippen LogP) is 1.78. The van der Waals surface area contributed by atoms with E-state index in [0.29, 0.717) is 13.2 Å². The first-order chi connectivity index (χ1) is 7.31. The Labute approximate surface area is 89.7 Å². The van der Waals surface area contributed by atoms with Crippen LogP contribution in [-0.2, 0) is 0 Å². The Morgan fingerprint density at radius 1 is 1.20 bits per heavy atom. The third-order valence-corrected chi connectivity index (χ3v) is 1.79. The molecular formula is C11H16N2O2. The van der Waals surface area contributed by atoms with Gasteiger partial charge in [0.1, 0.15) is 0 Å². The summed E-state index contributed by atoms with van der Waals surface area (Å²) < 4.78 is 10.9. The molecule has 82 valence electrons. The molecule has 0 saturated heterocycles. The predicted molar refractivity (Wildman–Crippen MR) is 60.6 cm³/mol. The van der Waals surface area contributed by atoms with Gasteiger partial charge in [0.25, 0.3) is 0 Å². The molecule has 0 bridgehead atoms. The lowest BCUT2D eigenvalue weighted by molar-refractivity contribution is 0.288. The van der Waals surface area contributed by atoms with Crippen LogP contribution in [0.3, 0.4) is 0 Å². The zero-order chi connectivity index (χ0) is 11.1. The third kappa shape index (κ3) is 3.16. The van der Waals surface area contributed by atoms with Crippen LogP contribution in [0.2, 0.25) is 0 Å². The fourth-order valence-electron chi connectivity index (χ4n) is 1.23. The van der Waals surface area contributed by atoms with E-state index in [1.807, 2.05) is 32.0 Å². The van der Waals surface area contributed by atoms with Gasteiger partial charge in [0.15, 0.2) is 11.5 Å². The largest absolute Gasteiger partial charge is 0.490 e. The van der Waals surface area contributed by atoms with E-state index in [4.69, 9.17) is 15.3 Å². The zero-order valence-electron chi connectivity index (χ0n) is 9.06. The number of nitrogens with two attached hydrogens (primary N) is 1. The van der Waals surface area contributed by atoms with Crippen molar-refractivity contribution in [2.45, 2.75) is 13.8 Å². The number of nitrogens with zero attached hydrogens (tertiary/aromatic N) is 1. The minimum Gasteiger partial charge on any atom is -0.490 e. The Kier molecular flexibility index (Phi) is 4.47. The molecule has 0 aliphatic heterocycles. The maximum absolute atomic E-state index is 5.45. The van der Waals surface area contributed by atoms with Crippen LogP contribution in [0.15, 0.2) is 23.3 Å². The van der Waals surface area contributed by atoms with E-state index < -0.39 is 0 Å². The van der Waals surface area contributed by atoms with Gasteiger partial charge < -0.3 is 15.3 Å². The minimum absolute atomic E-state index is 0.600. The van der Waals surface area contributed by atoms with Crippen LogP contribution in [0.1, 0.15) is 19.4 Å². The minimum atomic E-state index is 0.600. The first-order valence-corrected chi connectivity index (χ1v) is 4.94. The molecule has 4 heteroatoms. The summed E-state index contributed by atoms with van der Waals surface area (Å²) in [5.41, 5.74) is 0.893. The summed E-state index contributed by atoms with van der Waals surface area (Å²) >= 11 is 0. The second kappa shape index (κ2) is 5.90. The topological polar surface area (TPSA) is 56.8 Å². The molecule has 0 saturated carbocycles. The van der Waals surface area contributed by atoms with Crippen LogP contribution in [0.5, 0.6) is 11.5 Å². The number of hydrogen-bond donors (Lipinski definition) is 1. The molecule has 0 aromatic heterocycles. The van der Waals surface area contributed by atoms with Gasteiger partial charge in [-0.2, -0.15) is 5.10 Å². The highest BCUT2D eigenvalue weighted by Gasteiger charge is 2.04. The first kappa shape index (κ1) is 11.4. The Morgan fingerprint density at radius 2 is 1.87 bits per heavy atom. The average molecular weight is 208 g/mol. The van der Waals surface area contributed by atoms with Gasteiger partial charge in [-0.05, 0) is 37.6 Å². The van der Waals surface area contributed by atoms with Crippen LogP contribution in [0.25, 0.3) is 0 Å². The monoisotopic (exact) mass is 208 g/mol. The van der Waals surface area contributed by atoms with Gasteiger partial charge in [0.05, 0.1) is 19.4 Å². The number of hydrogen-bond acceptors (Lipinski definition) is 4. The van der Waals surface area contributed by atoms with Gasteiger partial charge in [0, 0.05) is 0 Å². The zero-order valence-corrected chi connectivity index (χ0v) is 9.06. The van der Waals surface area contributed by atoms with Crippen LogP contribution >= 0.6 is 0 Å². The number of rotatable bonds is 5. The summed E-state index contributed by atoms with van der Waals surface area (Å²) in [5, 5.41) is 3.46. The first-order valence-electron chi connectivity index (χ1n) is 4.94. The molecule has 4 nitrogen and oxygen atoms in total. The van der Waals surface area contributed by atoms with E-state index in [2.05, 4.69) is 5.10 Å². The quantitative estimate of drug-likeness (QED) is 0.456. The molecule has 1 aromatic carbocycles. The number of ether oxygens (including phenoxy) is 2. The van der Waals surface area contributed by atoms with Crippen molar-refractivity contribution in [2.75, 3.05) is 13.2 Å². The van der Waals surface area contributed by atoms with Gasteiger partial charge in [-0.1, -0.05) is 0 Å². The fourth-order valence-corrected chi connectivity index (χ4v) is 1.23. The van der Waals surface area contributed by atoms with Crippen molar-refractivity contribution in [2.24, 2.45) is 10.9 Å². The van der Waals surface area contributed by atoms with E-state index in [1.54, 1.807) is 6.21 Å². The second-order valence-corrected chi connectivity index (χ2v) is 2.85. The van der Waals surface area contributed by atoms with Crippen LogP contribution in [0, 0.1) is 0 Å². The number of benzene rings is 1. The van der Waals surface area contributed by atoms with E-state index >= 15 is 0 Å². The molecule has 0 amide bonds. The van der Waals surface area contributed by atoms with Crippen molar-refractivity contribution < 1.29 is 9.47 Å². The third-order valence-electron chi connectivity index (χ3n) is 1.79. The molecule has 0 aliphatic carbocycles. The molecule has 2 N–H and O–H groups in total. The van der Waals surface area contributed by atoms with Crippen molar-refractivity contribution in [3.05, 3.63) is 23.8 Å². The molecule has 0 atom stereocenters. The SMILES string of the molecule is CCOc1ccc(C=NN)cc1OCC. The fraction of sp³-hybridized carbons (Fsp3) is 0.364. The molecule has 0 spiro atoms. The van der Waals surface area contributed by atoms with Crippen molar-refractivity contribution in [3.63, 3.8) is 0 Å². The molecule has 0 unspecified atom stereocenters. The smallest absolute Gasteiger partial charge is 0.161 e. The molecule has 1 rings (SSSR count). The van der Waals surface area contributed by atoms with E-state index in [9.17, 15) is 0 Å². The van der Waals surface area contributed by atoms with Crippen LogP contribution in [-0.4, -0.2) is 19.4 Å². The normalized spacial score (nSPS) is 10.5. The lowest BCUT2D eigenvalue weighted by Crippen LogP contribution is -1.99. The molecule has 0 aliphatic rings. The summed E-state index contributed by atoms with van der Waals surface area (Å²) in [6.45, 7) is 5.08. The van der Waals surface area contributed by atoms with Gasteiger partial charge >= 0.3 is 0 Å². The Hall–Kier alpha value is -1.71. The summed E-state index contributed by atoms with van der Waals surface area (Å²) in [5.74, 6) is 6.54. The van der Waals surface area contributed by atoms with Gasteiger partial charge in [0.2, 0.25) is 0 Å². The Morgan fingerprint density at radius 3 is 2.47 bits per heavy atom. The van der Waals surface area contributed by atoms with Crippen molar-refractivity contribution >= 4 is 6.21 Å². The van der Waals surface area contributed by atoms with Gasteiger partial charge in [-0.15, -0.1) is 0 Å². The molecule has 0 radical (unpaired) electrons. The van der Waals surface area contributed by atoms with E-state index in [-0.39, 0.29) is 0 Å². The second-order valence-electron chi connectivity index (χ2n) is 2.85. The summed E-state index contributed by atoms with van der Waals surface area (Å²) in [4.78, 5) is 0. The summed E-state index contributed by atoms with van der Waals surface area (Å²) in [6, 6.07) is 5.58. The molecular weight excluding hydrogens is 192 g/mol. The van der Waals surface area contributed by atoms with Crippen LogP contribution in [0.4, 0.5) is 0 Å². The molecule has 0 heterocycles. The summed E-state index contributed by atoms with van der Waals surface area (Å²) in [6.07, 6.45) is 1.57. The number of hydrazone groups is 1. The lowest BCUT2D eigenvalue weighted by atomic mass is 10.2. The van der Waals surface area contributed by atoms with E-state index in [0.717, 1.165) is 17.1 Å². The Bertz CT molecular complexity index is 337. The van der Waals surface area contributed by atoms with Gasteiger partial charge in [-0.25, -0.2) is 0 Å². The standard InChI is InChI=1S/C11H16N2O2/c1-3-14-10-6-5-9(8-13-12)7-11(10)15-4-2/h5-8H,3-4,12H2,1-2H3. The van der Waals surface area contributed by atoms with E-state index in [1.165, 1.54) is 0 Å². The lowest BCUT2D eigenvalue weighted by Gasteiger charge is -2.10. The molecule has 0 fully saturated rings. The maximum Gasteiger partial charge on any atom is 0.161 e. The average Bonchev–Trinajstić information content (AvgIpc) is 2.23. The maximum atomic E-state index is 5.45. The highest BCUT2D eigenvalue weighted by molar-refractivity contribution is 5.80. The highest BCUT2D eigenvalue weighted by Crippen LogP contribution is 2.27. The van der Waals surface area contributed by atoms with Crippen molar-refractivity contribution in [1.82, 2.24) is 0 Å². The van der Waals surface area contributed by atoms with Crippen LogP contribution < -0.4 is 15.3 Å². The highest BCUT2D eigenvalue weighted by atomic mass is 16.5. The van der Waals surface area contributed by atoms with Crippen molar-refractivity contribution in [1.29, 1.82) is 0 Å². The molecule has 1 aromatic rings. The van der Waals surface area contributed by atoms with Crippen molar-refractivity contribution in [3.8, 4) is 11.5 Å². The summed E-state index contributed by atoms with van der Waals surface area (Å²) in [7, 11) is 0.